The summed E-state index contributed by atoms with van der Waals surface area (Å²) in [5.74, 6) is 0. The van der Waals surface area contributed by atoms with E-state index in [1.807, 2.05) is 13.0 Å². The molecule has 1 nitrogen and oxygen atoms in total. The van der Waals surface area contributed by atoms with Crippen molar-refractivity contribution in [1.29, 1.82) is 0 Å². The van der Waals surface area contributed by atoms with E-state index in [1.54, 1.807) is 6.08 Å². The van der Waals surface area contributed by atoms with E-state index in [0.29, 0.717) is 16.5 Å². The van der Waals surface area contributed by atoms with E-state index in [1.165, 1.54) is 27.0 Å². The van der Waals surface area contributed by atoms with Gasteiger partial charge in [0.2, 0.25) is 0 Å². The normalized spacial score (nSPS) is 19.9. The maximum absolute atomic E-state index is 7.77. The number of benzene rings is 4. The molecule has 1 atom stereocenters. The third-order valence-corrected chi connectivity index (χ3v) is 14.1. The first-order valence-corrected chi connectivity index (χ1v) is 15.9. The van der Waals surface area contributed by atoms with Crippen molar-refractivity contribution in [2.45, 2.75) is 25.6 Å². The minimum atomic E-state index is -3.59. The fraction of sp³-hybridized carbons (Fsp3) is 0.118. The second-order valence-electron chi connectivity index (χ2n) is 9.65. The second-order valence-corrected chi connectivity index (χ2v) is 15.0. The van der Waals surface area contributed by atoms with Crippen LogP contribution in [0.3, 0.4) is 0 Å². The van der Waals surface area contributed by atoms with E-state index >= 15 is 0 Å². The second kappa shape index (κ2) is 11.0. The van der Waals surface area contributed by atoms with E-state index in [9.17, 15) is 0 Å². The van der Waals surface area contributed by atoms with Crippen molar-refractivity contribution in [2.75, 3.05) is 0 Å². The van der Waals surface area contributed by atoms with Gasteiger partial charge in [0.15, 0.2) is 0 Å². The van der Waals surface area contributed by atoms with Crippen LogP contribution in [0.4, 0.5) is 0 Å². The average molecular weight is 558 g/mol. The molecule has 1 aliphatic rings. The zero-order chi connectivity index (χ0) is 26.6. The van der Waals surface area contributed by atoms with Crippen molar-refractivity contribution in [2.24, 2.45) is 0 Å². The molecule has 1 heterocycles. The number of rotatable bonds is 6. The van der Waals surface area contributed by atoms with Crippen LogP contribution in [-0.4, -0.2) is 6.10 Å². The predicted molar refractivity (Wildman–Crippen MR) is 167 cm³/mol. The van der Waals surface area contributed by atoms with Crippen LogP contribution in [0.2, 0.25) is 0 Å². The summed E-state index contributed by atoms with van der Waals surface area (Å²) in [6.07, 6.45) is 4.75. The Morgan fingerprint density at radius 3 is 1.63 bits per heavy atom. The summed E-state index contributed by atoms with van der Waals surface area (Å²) in [7, 11) is 0. The summed E-state index contributed by atoms with van der Waals surface area (Å²) in [5, 5.41) is 4.51. The molecule has 1 unspecified atom stereocenters. The van der Waals surface area contributed by atoms with Gasteiger partial charge in [-0.25, -0.2) is 0 Å². The SMILES string of the molecule is C=C(C=C(Cl)C(Cl)=CC)C1Cc2ccccc2CP(c2ccccc2)(c2ccccc2)(c2ccccc2)O1. The van der Waals surface area contributed by atoms with Gasteiger partial charge in [-0.05, 0) is 0 Å². The van der Waals surface area contributed by atoms with Crippen LogP contribution in [0.15, 0.2) is 150 Å². The number of allylic oxidation sites excluding steroid dienone is 3. The summed E-state index contributed by atoms with van der Waals surface area (Å²) in [5.41, 5.74) is 3.34. The Morgan fingerprint density at radius 1 is 0.711 bits per heavy atom. The zero-order valence-corrected chi connectivity index (χ0v) is 23.8. The molecule has 0 saturated carbocycles. The van der Waals surface area contributed by atoms with Gasteiger partial charge in [-0.15, -0.1) is 0 Å². The molecule has 0 aliphatic carbocycles. The molecule has 4 aromatic carbocycles. The molecule has 0 fully saturated rings. The van der Waals surface area contributed by atoms with Gasteiger partial charge in [-0.2, -0.15) is 0 Å². The van der Waals surface area contributed by atoms with E-state index in [-0.39, 0.29) is 6.10 Å². The first kappa shape index (κ1) is 26.7. The molecule has 0 saturated heterocycles. The number of halogens is 2. The van der Waals surface area contributed by atoms with E-state index < -0.39 is 6.83 Å². The number of fused-ring (bicyclic) bond motifs is 1. The molecule has 4 aromatic rings. The molecule has 0 aromatic heterocycles. The third kappa shape index (κ3) is 4.59. The summed E-state index contributed by atoms with van der Waals surface area (Å²) < 4.78 is 7.77. The predicted octanol–water partition coefficient (Wildman–Crippen LogP) is 8.39. The summed E-state index contributed by atoms with van der Waals surface area (Å²) >= 11 is 13.0. The molecule has 5 rings (SSSR count). The molecule has 0 amide bonds. The fourth-order valence-electron chi connectivity index (χ4n) is 5.59. The van der Waals surface area contributed by atoms with Gasteiger partial charge >= 0.3 is 237 Å². The summed E-state index contributed by atoms with van der Waals surface area (Å²) in [6, 6.07) is 40.9. The molecule has 0 N–H and O–H groups in total. The first-order valence-electron chi connectivity index (χ1n) is 12.8. The topological polar surface area (TPSA) is 9.23 Å². The standard InChI is InChI=1S/C34H31Cl2OP/c1-3-32(35)33(36)23-26(2)34-24-27-15-13-14-16-28(27)25-38(37-34,29-17-7-4-8-18-29,30-19-9-5-10-20-30)31-21-11-6-12-22-31/h3-23,34H,2,24-25H2,1H3. The maximum atomic E-state index is 7.77. The van der Waals surface area contributed by atoms with Crippen molar-refractivity contribution in [3.63, 3.8) is 0 Å². The van der Waals surface area contributed by atoms with Crippen molar-refractivity contribution in [3.8, 4) is 0 Å². The Kier molecular flexibility index (Phi) is 7.75. The van der Waals surface area contributed by atoms with E-state index in [0.717, 1.165) is 11.7 Å². The van der Waals surface area contributed by atoms with Crippen LogP contribution in [-0.2, 0) is 17.1 Å². The Hall–Kier alpha value is -2.93. The van der Waals surface area contributed by atoms with E-state index in [4.69, 9.17) is 27.7 Å². The van der Waals surface area contributed by atoms with Crippen molar-refractivity contribution in [1.82, 2.24) is 0 Å². The average Bonchev–Trinajstić information content (AvgIpc) is 3.15. The molecular formula is C34H31Cl2OP. The summed E-state index contributed by atoms with van der Waals surface area (Å²) in [6.45, 7) is 2.76. The van der Waals surface area contributed by atoms with Gasteiger partial charge in [0.1, 0.15) is 0 Å². The molecule has 0 spiro atoms. The van der Waals surface area contributed by atoms with Crippen LogP contribution in [0.1, 0.15) is 18.1 Å². The molecule has 192 valence electrons. The quantitative estimate of drug-likeness (QED) is 0.171. The first-order chi connectivity index (χ1) is 18.5. The van der Waals surface area contributed by atoms with Crippen molar-refractivity contribution < 1.29 is 4.52 Å². The number of hydrogen-bond donors (Lipinski definition) is 0. The molecule has 0 radical (unpaired) electrons. The molecule has 38 heavy (non-hydrogen) atoms. The number of hydrogen-bond acceptors (Lipinski definition) is 1. The molecule has 4 heteroatoms. The van der Waals surface area contributed by atoms with Gasteiger partial charge in [0, 0.05) is 0 Å². The Labute approximate surface area is 236 Å². The van der Waals surface area contributed by atoms with Crippen LogP contribution in [0.25, 0.3) is 0 Å². The Balaban J connectivity index is 1.89. The molecule has 0 bridgehead atoms. The Morgan fingerprint density at radius 2 is 1.16 bits per heavy atom. The fourth-order valence-corrected chi connectivity index (χ4v) is 11.9. The van der Waals surface area contributed by atoms with Gasteiger partial charge in [0.25, 0.3) is 0 Å². The van der Waals surface area contributed by atoms with Gasteiger partial charge < -0.3 is 0 Å². The van der Waals surface area contributed by atoms with Crippen LogP contribution >= 0.6 is 30.0 Å². The summed E-state index contributed by atoms with van der Waals surface area (Å²) in [4.78, 5) is 0. The van der Waals surface area contributed by atoms with Crippen LogP contribution < -0.4 is 15.9 Å². The zero-order valence-electron chi connectivity index (χ0n) is 21.4. The van der Waals surface area contributed by atoms with Crippen LogP contribution in [0, 0.1) is 0 Å². The van der Waals surface area contributed by atoms with Crippen LogP contribution in [0.5, 0.6) is 0 Å². The van der Waals surface area contributed by atoms with Crippen molar-refractivity contribution in [3.05, 3.63) is 161 Å². The van der Waals surface area contributed by atoms with E-state index in [2.05, 4.69) is 122 Å². The van der Waals surface area contributed by atoms with Gasteiger partial charge in [-0.3, -0.25) is 0 Å². The minimum absolute atomic E-state index is 0.327. The molecule has 1 aliphatic heterocycles. The van der Waals surface area contributed by atoms with Crippen molar-refractivity contribution >= 4 is 45.9 Å². The monoisotopic (exact) mass is 556 g/mol. The van der Waals surface area contributed by atoms with Gasteiger partial charge in [0.05, 0.1) is 0 Å². The van der Waals surface area contributed by atoms with Gasteiger partial charge in [-0.1, -0.05) is 0 Å². The molecular weight excluding hydrogens is 526 g/mol. The Bertz CT molecular complexity index is 1390. The third-order valence-electron chi connectivity index (χ3n) is 7.47.